The minimum atomic E-state index is -0.303. The molecular formula is C39H51N9O3. The average molecular weight is 694 g/mol. The van der Waals surface area contributed by atoms with Crippen molar-refractivity contribution in [3.8, 4) is 11.4 Å². The van der Waals surface area contributed by atoms with E-state index < -0.39 is 0 Å². The molecule has 5 aromatic rings. The Balaban J connectivity index is 1.12. The van der Waals surface area contributed by atoms with Crippen molar-refractivity contribution >= 4 is 17.5 Å². The van der Waals surface area contributed by atoms with Gasteiger partial charge in [-0.3, -0.25) is 19.5 Å². The van der Waals surface area contributed by atoms with E-state index in [0.717, 1.165) is 59.4 Å². The molecule has 2 amide bonds. The molecule has 1 fully saturated rings. The maximum atomic E-state index is 13.6. The predicted molar refractivity (Wildman–Crippen MR) is 199 cm³/mol. The van der Waals surface area contributed by atoms with E-state index in [-0.39, 0.29) is 36.2 Å². The van der Waals surface area contributed by atoms with Crippen LogP contribution in [0.5, 0.6) is 5.75 Å². The van der Waals surface area contributed by atoms with Crippen molar-refractivity contribution in [1.82, 2.24) is 39.5 Å². The summed E-state index contributed by atoms with van der Waals surface area (Å²) in [4.78, 5) is 18.1. The topological polar surface area (TPSA) is 125 Å². The molecule has 0 radical (unpaired) electrons. The molecule has 1 aliphatic heterocycles. The molecule has 270 valence electrons. The molecule has 3 N–H and O–H groups in total. The van der Waals surface area contributed by atoms with Gasteiger partial charge in [0.1, 0.15) is 11.6 Å². The van der Waals surface area contributed by atoms with Crippen LogP contribution in [0.3, 0.4) is 0 Å². The zero-order valence-electron chi connectivity index (χ0n) is 30.6. The van der Waals surface area contributed by atoms with Crippen LogP contribution in [-0.4, -0.2) is 90.8 Å². The van der Waals surface area contributed by atoms with Gasteiger partial charge in [0.05, 0.1) is 42.9 Å². The second kappa shape index (κ2) is 15.6. The molecule has 0 spiro atoms. The molecule has 1 aliphatic rings. The van der Waals surface area contributed by atoms with E-state index in [1.807, 2.05) is 97.2 Å². The summed E-state index contributed by atoms with van der Waals surface area (Å²) >= 11 is 0. The van der Waals surface area contributed by atoms with Crippen LogP contribution in [0.15, 0.2) is 79.0 Å². The lowest BCUT2D eigenvalue weighted by molar-refractivity contribution is 0.0526. The second-order valence-corrected chi connectivity index (χ2v) is 14.7. The summed E-state index contributed by atoms with van der Waals surface area (Å²) in [7, 11) is 2.05. The fourth-order valence-corrected chi connectivity index (χ4v) is 6.38. The van der Waals surface area contributed by atoms with Gasteiger partial charge in [-0.2, -0.15) is 5.10 Å². The first-order chi connectivity index (χ1) is 24.5. The molecule has 51 heavy (non-hydrogen) atoms. The van der Waals surface area contributed by atoms with Crippen molar-refractivity contribution in [3.63, 3.8) is 0 Å². The third kappa shape index (κ3) is 8.94. The number of amides is 2. The predicted octanol–water partition coefficient (Wildman–Crippen LogP) is 5.74. The van der Waals surface area contributed by atoms with Crippen molar-refractivity contribution in [3.05, 3.63) is 102 Å². The SMILES string of the molecule is Cc1ccc(-n2nc(C(C)(C)C)cc2NC(=O)N[C@@H](CC[C@H](C)Oc2ccc3nnc(CN4CCN(C)C(CO)C4)n3c2)c2ccccc2)cc1. The van der Waals surface area contributed by atoms with Gasteiger partial charge in [-0.05, 0) is 63.6 Å². The molecule has 1 saturated heterocycles. The molecular weight excluding hydrogens is 642 g/mol. The van der Waals surface area contributed by atoms with Crippen LogP contribution in [0.1, 0.15) is 69.2 Å². The van der Waals surface area contributed by atoms with E-state index in [2.05, 4.69) is 58.4 Å². The number of likely N-dealkylation sites (N-methyl/N-ethyl adjacent to an activating group) is 1. The first-order valence-corrected chi connectivity index (χ1v) is 17.8. The molecule has 0 bridgehead atoms. The number of aromatic nitrogens is 5. The lowest BCUT2D eigenvalue weighted by Crippen LogP contribution is -2.52. The van der Waals surface area contributed by atoms with Crippen LogP contribution in [0.25, 0.3) is 11.3 Å². The van der Waals surface area contributed by atoms with Gasteiger partial charge in [-0.1, -0.05) is 68.8 Å². The van der Waals surface area contributed by atoms with Crippen LogP contribution in [-0.2, 0) is 12.0 Å². The Hall–Kier alpha value is -4.78. The highest BCUT2D eigenvalue weighted by Crippen LogP contribution is 2.27. The Morgan fingerprint density at radius 3 is 2.51 bits per heavy atom. The van der Waals surface area contributed by atoms with Crippen LogP contribution in [0.4, 0.5) is 10.6 Å². The number of nitrogens with one attached hydrogen (secondary N) is 2. The van der Waals surface area contributed by atoms with Crippen LogP contribution in [0.2, 0.25) is 0 Å². The molecule has 3 aromatic heterocycles. The summed E-state index contributed by atoms with van der Waals surface area (Å²) in [6.07, 6.45) is 3.19. The number of hydrogen-bond acceptors (Lipinski definition) is 8. The average Bonchev–Trinajstić information content (AvgIpc) is 3.72. The van der Waals surface area contributed by atoms with Gasteiger partial charge in [-0.25, -0.2) is 9.48 Å². The molecule has 12 heteroatoms. The highest BCUT2D eigenvalue weighted by atomic mass is 16.5. The number of hydrogen-bond donors (Lipinski definition) is 3. The number of rotatable bonds is 12. The number of aryl methyl sites for hydroxylation is 1. The lowest BCUT2D eigenvalue weighted by Gasteiger charge is -2.38. The molecule has 1 unspecified atom stereocenters. The number of carbonyl (C=O) groups excluding carboxylic acids is 1. The van der Waals surface area contributed by atoms with Crippen molar-refractivity contribution in [2.45, 2.75) is 77.6 Å². The number of fused-ring (bicyclic) bond motifs is 1. The largest absolute Gasteiger partial charge is 0.489 e. The zero-order valence-corrected chi connectivity index (χ0v) is 30.6. The summed E-state index contributed by atoms with van der Waals surface area (Å²) in [5.74, 6) is 2.17. The van der Waals surface area contributed by atoms with Crippen LogP contribution in [0, 0.1) is 6.92 Å². The normalized spacial score (nSPS) is 17.0. The third-order valence-electron chi connectivity index (χ3n) is 9.59. The van der Waals surface area contributed by atoms with E-state index in [9.17, 15) is 9.90 Å². The van der Waals surface area contributed by atoms with E-state index in [1.54, 1.807) is 4.68 Å². The molecule has 0 saturated carbocycles. The second-order valence-electron chi connectivity index (χ2n) is 14.7. The number of anilines is 1. The first kappa shape index (κ1) is 36.0. The molecule has 2 aromatic carbocycles. The number of benzene rings is 2. The Kier molecular flexibility index (Phi) is 11.0. The Morgan fingerprint density at radius 1 is 1.02 bits per heavy atom. The fourth-order valence-electron chi connectivity index (χ4n) is 6.38. The standard InChI is InChI=1S/C39H51N9O3/c1-27-12-15-30(16-13-27)48-36(22-34(44-48)39(3,4)5)41-38(50)40-33(29-10-8-7-9-11-29)18-14-28(2)51-32-17-19-35-42-43-37(47(35)24-32)25-46-21-20-45(6)31(23-46)26-49/h7-13,15-17,19,22,24,28,31,33,49H,14,18,20-21,23,25-26H2,1-6H3,(H2,40,41,50)/t28-,31?,33-/m0/s1. The van der Waals surface area contributed by atoms with E-state index >= 15 is 0 Å². The van der Waals surface area contributed by atoms with Gasteiger partial charge < -0.3 is 15.2 Å². The highest BCUT2D eigenvalue weighted by molar-refractivity contribution is 5.89. The Bertz CT molecular complexity index is 1900. The number of aliphatic hydroxyl groups excluding tert-OH is 1. The summed E-state index contributed by atoms with van der Waals surface area (Å²) in [6, 6.07) is 23.5. The zero-order chi connectivity index (χ0) is 36.1. The van der Waals surface area contributed by atoms with Gasteiger partial charge in [0, 0.05) is 37.2 Å². The van der Waals surface area contributed by atoms with Gasteiger partial charge >= 0.3 is 6.03 Å². The minimum Gasteiger partial charge on any atom is -0.489 e. The maximum absolute atomic E-state index is 13.6. The molecule has 0 aliphatic carbocycles. The fraction of sp³-hybridized carbons (Fsp3) is 0.436. The summed E-state index contributed by atoms with van der Waals surface area (Å²) < 4.78 is 10.2. The molecule has 3 atom stereocenters. The van der Waals surface area contributed by atoms with Crippen molar-refractivity contribution in [2.24, 2.45) is 0 Å². The number of nitrogens with zero attached hydrogens (tertiary/aromatic N) is 7. The third-order valence-corrected chi connectivity index (χ3v) is 9.59. The van der Waals surface area contributed by atoms with Gasteiger partial charge in [0.2, 0.25) is 0 Å². The number of urea groups is 1. The maximum Gasteiger partial charge on any atom is 0.320 e. The Morgan fingerprint density at radius 2 is 1.78 bits per heavy atom. The van der Waals surface area contributed by atoms with Crippen molar-refractivity contribution in [1.29, 1.82) is 0 Å². The smallest absolute Gasteiger partial charge is 0.320 e. The number of pyridine rings is 1. The molecule has 12 nitrogen and oxygen atoms in total. The number of piperazine rings is 1. The summed E-state index contributed by atoms with van der Waals surface area (Å²) in [6.45, 7) is 13.8. The van der Waals surface area contributed by atoms with Crippen LogP contribution >= 0.6 is 0 Å². The summed E-state index contributed by atoms with van der Waals surface area (Å²) in [5.41, 5.74) is 4.50. The minimum absolute atomic E-state index is 0.112. The quantitative estimate of drug-likeness (QED) is 0.151. The van der Waals surface area contributed by atoms with Gasteiger partial charge in [0.15, 0.2) is 11.5 Å². The first-order valence-electron chi connectivity index (χ1n) is 17.8. The highest BCUT2D eigenvalue weighted by Gasteiger charge is 2.26. The van der Waals surface area contributed by atoms with Crippen molar-refractivity contribution in [2.75, 3.05) is 38.6 Å². The Labute approximate surface area is 300 Å². The van der Waals surface area contributed by atoms with Crippen LogP contribution < -0.4 is 15.4 Å². The summed E-state index contributed by atoms with van der Waals surface area (Å²) in [5, 5.41) is 29.8. The number of ether oxygens (including phenoxy) is 1. The monoisotopic (exact) mass is 693 g/mol. The number of aliphatic hydroxyl groups is 1. The molecule has 6 rings (SSSR count). The van der Waals surface area contributed by atoms with E-state index in [0.29, 0.717) is 25.2 Å². The van der Waals surface area contributed by atoms with Gasteiger partial charge in [-0.15, -0.1) is 10.2 Å². The lowest BCUT2D eigenvalue weighted by atomic mass is 9.92. The van der Waals surface area contributed by atoms with E-state index in [1.165, 1.54) is 0 Å². The van der Waals surface area contributed by atoms with Crippen molar-refractivity contribution < 1.29 is 14.6 Å². The number of carbonyl (C=O) groups is 1. The van der Waals surface area contributed by atoms with E-state index in [4.69, 9.17) is 9.84 Å². The van der Waals surface area contributed by atoms with Gasteiger partial charge in [0.25, 0.3) is 0 Å². The molecule has 4 heterocycles.